The Morgan fingerprint density at radius 1 is 1.41 bits per heavy atom. The quantitative estimate of drug-likeness (QED) is 0.705. The van der Waals surface area contributed by atoms with Gasteiger partial charge in [0, 0.05) is 30.4 Å². The molecule has 0 bridgehead atoms. The Kier molecular flexibility index (Phi) is 4.85. The zero-order valence-electron chi connectivity index (χ0n) is 13.5. The van der Waals surface area contributed by atoms with E-state index in [0.29, 0.717) is 24.8 Å². The molecule has 0 unspecified atom stereocenters. The Morgan fingerprint density at radius 3 is 2.68 bits per heavy atom. The number of carbonyl (C=O) groups excluding carboxylic acids is 1. The highest BCUT2D eigenvalue weighted by Crippen LogP contribution is 2.19. The van der Waals surface area contributed by atoms with Crippen molar-refractivity contribution in [2.24, 2.45) is 0 Å². The summed E-state index contributed by atoms with van der Waals surface area (Å²) < 4.78 is 2.16. The third-order valence-electron chi connectivity index (χ3n) is 3.67. The Hall–Kier alpha value is -2.31. The van der Waals surface area contributed by atoms with E-state index in [1.165, 1.54) is 0 Å². The van der Waals surface area contributed by atoms with Gasteiger partial charge in [-0.1, -0.05) is 0 Å². The van der Waals surface area contributed by atoms with Gasteiger partial charge in [-0.3, -0.25) is 9.78 Å². The van der Waals surface area contributed by atoms with Gasteiger partial charge in [0.15, 0.2) is 0 Å². The fourth-order valence-electron chi connectivity index (χ4n) is 2.78. The summed E-state index contributed by atoms with van der Waals surface area (Å²) in [5.41, 5.74) is 2.49. The van der Waals surface area contributed by atoms with E-state index in [2.05, 4.69) is 38.9 Å². The van der Waals surface area contributed by atoms with Crippen LogP contribution in [0.2, 0.25) is 0 Å². The van der Waals surface area contributed by atoms with Gasteiger partial charge in [-0.2, -0.15) is 5.10 Å². The molecule has 0 fully saturated rings. The predicted octanol–water partition coefficient (Wildman–Crippen LogP) is 1.46. The van der Waals surface area contributed by atoms with Gasteiger partial charge in [-0.15, -0.1) is 0 Å². The summed E-state index contributed by atoms with van der Waals surface area (Å²) in [6, 6.07) is 2.26. The molecule has 0 aliphatic heterocycles. The van der Waals surface area contributed by atoms with Gasteiger partial charge in [-0.25, -0.2) is 9.89 Å². The molecule has 0 saturated carbocycles. The van der Waals surface area contributed by atoms with E-state index in [0.717, 1.165) is 23.4 Å². The fraction of sp³-hybridized carbons (Fsp3) is 0.533. The minimum Gasteiger partial charge on any atom is -0.352 e. The number of carbonyl (C=O) groups is 1. The predicted molar refractivity (Wildman–Crippen MR) is 84.2 cm³/mol. The van der Waals surface area contributed by atoms with Crippen molar-refractivity contribution in [1.29, 1.82) is 0 Å². The SMILES string of the molecule is Cc1cc(C(=O)NCCCc2n[nH]c(=O)[nH]2)c(C)n1C(C)C. The van der Waals surface area contributed by atoms with E-state index in [4.69, 9.17) is 0 Å². The third-order valence-corrected chi connectivity index (χ3v) is 3.67. The molecule has 1 amide bonds. The second-order valence-corrected chi connectivity index (χ2v) is 5.73. The maximum atomic E-state index is 12.3. The van der Waals surface area contributed by atoms with Crippen LogP contribution in [0.4, 0.5) is 0 Å². The molecular formula is C15H23N5O2. The first-order valence-electron chi connectivity index (χ1n) is 7.50. The fourth-order valence-corrected chi connectivity index (χ4v) is 2.78. The lowest BCUT2D eigenvalue weighted by Crippen LogP contribution is -2.25. The lowest BCUT2D eigenvalue weighted by atomic mass is 10.2. The van der Waals surface area contributed by atoms with Crippen LogP contribution < -0.4 is 11.0 Å². The Bertz CT molecular complexity index is 708. The monoisotopic (exact) mass is 305 g/mol. The van der Waals surface area contributed by atoms with Crippen LogP contribution in [-0.2, 0) is 6.42 Å². The number of hydrogen-bond donors (Lipinski definition) is 3. The number of amides is 1. The first-order valence-corrected chi connectivity index (χ1v) is 7.50. The molecule has 0 aliphatic carbocycles. The van der Waals surface area contributed by atoms with E-state index in [1.54, 1.807) is 0 Å². The van der Waals surface area contributed by atoms with Gasteiger partial charge in [0.1, 0.15) is 5.82 Å². The minimum atomic E-state index is -0.305. The average Bonchev–Trinajstić information content (AvgIpc) is 2.98. The highest BCUT2D eigenvalue weighted by atomic mass is 16.2. The van der Waals surface area contributed by atoms with Crippen molar-refractivity contribution in [2.45, 2.75) is 46.6 Å². The molecular weight excluding hydrogens is 282 g/mol. The largest absolute Gasteiger partial charge is 0.352 e. The van der Waals surface area contributed by atoms with Gasteiger partial charge in [0.25, 0.3) is 5.91 Å². The summed E-state index contributed by atoms with van der Waals surface area (Å²) in [6.45, 7) is 8.73. The van der Waals surface area contributed by atoms with E-state index >= 15 is 0 Å². The van der Waals surface area contributed by atoms with Crippen LogP contribution in [0.15, 0.2) is 10.9 Å². The number of hydrogen-bond acceptors (Lipinski definition) is 3. The third kappa shape index (κ3) is 3.47. The lowest BCUT2D eigenvalue weighted by Gasteiger charge is -2.13. The van der Waals surface area contributed by atoms with Crippen molar-refractivity contribution >= 4 is 5.91 Å². The second kappa shape index (κ2) is 6.64. The molecule has 2 rings (SSSR count). The maximum Gasteiger partial charge on any atom is 0.340 e. The zero-order chi connectivity index (χ0) is 16.3. The molecule has 7 heteroatoms. The van der Waals surface area contributed by atoms with Crippen molar-refractivity contribution in [3.05, 3.63) is 39.3 Å². The van der Waals surface area contributed by atoms with Crippen molar-refractivity contribution in [3.63, 3.8) is 0 Å². The molecule has 22 heavy (non-hydrogen) atoms. The number of rotatable bonds is 6. The van der Waals surface area contributed by atoms with Gasteiger partial charge in [-0.05, 0) is 40.2 Å². The van der Waals surface area contributed by atoms with E-state index < -0.39 is 0 Å². The molecule has 0 aromatic carbocycles. The van der Waals surface area contributed by atoms with Crippen molar-refractivity contribution in [2.75, 3.05) is 6.54 Å². The minimum absolute atomic E-state index is 0.0597. The summed E-state index contributed by atoms with van der Waals surface area (Å²) in [5, 5.41) is 9.06. The summed E-state index contributed by atoms with van der Waals surface area (Å²) in [7, 11) is 0. The van der Waals surface area contributed by atoms with E-state index in [1.807, 2.05) is 19.9 Å². The Morgan fingerprint density at radius 2 is 2.14 bits per heavy atom. The number of H-pyrrole nitrogens is 2. The molecule has 0 saturated heterocycles. The zero-order valence-corrected chi connectivity index (χ0v) is 13.5. The molecule has 2 aromatic heterocycles. The van der Waals surface area contributed by atoms with Gasteiger partial charge < -0.3 is 9.88 Å². The normalized spacial score (nSPS) is 11.1. The van der Waals surface area contributed by atoms with Crippen LogP contribution >= 0.6 is 0 Å². The van der Waals surface area contributed by atoms with Crippen LogP contribution in [0.1, 0.15) is 53.9 Å². The van der Waals surface area contributed by atoms with Crippen LogP contribution in [0.25, 0.3) is 0 Å². The number of nitrogens with one attached hydrogen (secondary N) is 3. The van der Waals surface area contributed by atoms with E-state index in [-0.39, 0.29) is 11.6 Å². The molecule has 7 nitrogen and oxygen atoms in total. The number of aryl methyl sites for hydroxylation is 2. The second-order valence-electron chi connectivity index (χ2n) is 5.73. The molecule has 0 atom stereocenters. The Balaban J connectivity index is 1.90. The van der Waals surface area contributed by atoms with Gasteiger partial charge in [0.2, 0.25) is 0 Å². The van der Waals surface area contributed by atoms with E-state index in [9.17, 15) is 9.59 Å². The molecule has 3 N–H and O–H groups in total. The molecule has 0 spiro atoms. The van der Waals surface area contributed by atoms with Crippen LogP contribution in [0.3, 0.4) is 0 Å². The average molecular weight is 305 g/mol. The number of aromatic amines is 2. The van der Waals surface area contributed by atoms with Crippen molar-refractivity contribution < 1.29 is 4.79 Å². The molecule has 2 heterocycles. The lowest BCUT2D eigenvalue weighted by molar-refractivity contribution is 0.0952. The smallest absolute Gasteiger partial charge is 0.340 e. The highest BCUT2D eigenvalue weighted by Gasteiger charge is 2.16. The topological polar surface area (TPSA) is 95.6 Å². The summed E-state index contributed by atoms with van der Waals surface area (Å²) >= 11 is 0. The van der Waals surface area contributed by atoms with Crippen molar-refractivity contribution in [3.8, 4) is 0 Å². The van der Waals surface area contributed by atoms with Crippen LogP contribution in [-0.4, -0.2) is 32.2 Å². The van der Waals surface area contributed by atoms with Crippen LogP contribution in [0.5, 0.6) is 0 Å². The molecule has 120 valence electrons. The van der Waals surface area contributed by atoms with Gasteiger partial charge >= 0.3 is 5.69 Å². The Labute approximate surface area is 129 Å². The molecule has 0 radical (unpaired) electrons. The van der Waals surface area contributed by atoms with Gasteiger partial charge in [0.05, 0.1) is 5.56 Å². The number of nitrogens with zero attached hydrogens (tertiary/aromatic N) is 2. The summed E-state index contributed by atoms with van der Waals surface area (Å²) in [5.74, 6) is 0.549. The highest BCUT2D eigenvalue weighted by molar-refractivity contribution is 5.95. The standard InChI is InChI=1S/C15H23N5O2/c1-9(2)20-10(3)8-12(11(20)4)14(21)16-7-5-6-13-17-15(22)19-18-13/h8-9H,5-7H2,1-4H3,(H,16,21)(H2,17,18,19,22). The first-order chi connectivity index (χ1) is 10.4. The molecule has 0 aliphatic rings. The summed E-state index contributed by atoms with van der Waals surface area (Å²) in [6.07, 6.45) is 1.33. The van der Waals surface area contributed by atoms with Crippen LogP contribution in [0, 0.1) is 13.8 Å². The maximum absolute atomic E-state index is 12.3. The van der Waals surface area contributed by atoms with Crippen molar-refractivity contribution in [1.82, 2.24) is 25.1 Å². The molecule has 2 aromatic rings. The first kappa shape index (κ1) is 16.1. The summed E-state index contributed by atoms with van der Waals surface area (Å²) in [4.78, 5) is 25.8. The number of aromatic nitrogens is 4.